The molecule has 6 heteroatoms. The molecular formula is C63H44N6. The average molecular weight is 885 g/mol. The van der Waals surface area contributed by atoms with Gasteiger partial charge in [0.1, 0.15) is 0 Å². The standard InChI is InChI=1S/C63H44N6/c1-41-19-15-17-29-50(41)47-31-34-57-52(37-47)53-38-48(51-30-18-16-20-42(51)2)32-35-58(53)69(57)59-36-33-49(63-67-61(45-25-11-5-12-26-45)66-62(68-63)46-27-13-6-14-28-46)39-54(59)56-40-55(43-21-7-3-8-22-43)64-60(65-56)44-23-9-4-10-24-44/h3-40H,1-2H3. The summed E-state index contributed by atoms with van der Waals surface area (Å²) in [6, 6.07) is 80.4. The molecule has 0 atom stereocenters. The summed E-state index contributed by atoms with van der Waals surface area (Å²) in [5.74, 6) is 2.39. The van der Waals surface area contributed by atoms with Gasteiger partial charge in [0, 0.05) is 44.2 Å². The molecule has 3 aromatic heterocycles. The second kappa shape index (κ2) is 17.6. The van der Waals surface area contributed by atoms with Crippen LogP contribution in [0.25, 0.3) is 118 Å². The molecule has 0 aliphatic heterocycles. The van der Waals surface area contributed by atoms with Crippen LogP contribution in [-0.2, 0) is 0 Å². The lowest BCUT2D eigenvalue weighted by atomic mass is 9.97. The van der Waals surface area contributed by atoms with Gasteiger partial charge in [0.2, 0.25) is 0 Å². The third kappa shape index (κ3) is 7.84. The zero-order valence-electron chi connectivity index (χ0n) is 38.1. The highest BCUT2D eigenvalue weighted by atomic mass is 15.0. The van der Waals surface area contributed by atoms with E-state index in [1.807, 2.05) is 84.9 Å². The zero-order valence-corrected chi connectivity index (χ0v) is 38.1. The minimum absolute atomic E-state index is 0.559. The molecule has 0 spiro atoms. The van der Waals surface area contributed by atoms with Gasteiger partial charge in [-0.15, -0.1) is 0 Å². The molecule has 0 radical (unpaired) electrons. The summed E-state index contributed by atoms with van der Waals surface area (Å²) in [5, 5.41) is 2.32. The maximum absolute atomic E-state index is 5.44. The van der Waals surface area contributed by atoms with Crippen molar-refractivity contribution in [3.63, 3.8) is 0 Å². The van der Waals surface area contributed by atoms with Crippen LogP contribution in [0.2, 0.25) is 0 Å². The Kier molecular flexibility index (Phi) is 10.5. The van der Waals surface area contributed by atoms with Gasteiger partial charge in [-0.3, -0.25) is 0 Å². The van der Waals surface area contributed by atoms with Gasteiger partial charge in [0.05, 0.1) is 28.1 Å². The molecule has 0 saturated carbocycles. The van der Waals surface area contributed by atoms with E-state index < -0.39 is 0 Å². The predicted molar refractivity (Wildman–Crippen MR) is 283 cm³/mol. The van der Waals surface area contributed by atoms with Crippen LogP contribution in [0.1, 0.15) is 11.1 Å². The minimum Gasteiger partial charge on any atom is -0.309 e. The first-order chi connectivity index (χ1) is 34.0. The van der Waals surface area contributed by atoms with Crippen LogP contribution in [0, 0.1) is 13.8 Å². The largest absolute Gasteiger partial charge is 0.309 e. The van der Waals surface area contributed by atoms with Crippen molar-refractivity contribution in [3.05, 3.63) is 242 Å². The van der Waals surface area contributed by atoms with E-state index in [0.717, 1.165) is 72.3 Å². The number of hydrogen-bond acceptors (Lipinski definition) is 5. The van der Waals surface area contributed by atoms with E-state index in [-0.39, 0.29) is 0 Å². The molecule has 0 fully saturated rings. The molecule has 326 valence electrons. The van der Waals surface area contributed by atoms with Crippen LogP contribution in [0.3, 0.4) is 0 Å². The number of benzene rings is 9. The van der Waals surface area contributed by atoms with E-state index in [0.29, 0.717) is 23.3 Å². The summed E-state index contributed by atoms with van der Waals surface area (Å²) < 4.78 is 2.40. The van der Waals surface area contributed by atoms with Gasteiger partial charge >= 0.3 is 0 Å². The highest BCUT2D eigenvalue weighted by Gasteiger charge is 2.22. The van der Waals surface area contributed by atoms with E-state index >= 15 is 0 Å². The molecule has 3 heterocycles. The molecule has 0 bridgehead atoms. The first-order valence-corrected chi connectivity index (χ1v) is 23.2. The molecule has 12 rings (SSSR count). The predicted octanol–water partition coefficient (Wildman–Crippen LogP) is 15.7. The number of nitrogens with zero attached hydrogens (tertiary/aromatic N) is 6. The minimum atomic E-state index is 0.559. The Labute approximate surface area is 401 Å². The summed E-state index contributed by atoms with van der Waals surface area (Å²) in [6.07, 6.45) is 0. The number of aromatic nitrogens is 6. The first kappa shape index (κ1) is 41.3. The number of rotatable bonds is 9. The Balaban J connectivity index is 1.16. The molecule has 0 unspecified atom stereocenters. The van der Waals surface area contributed by atoms with Crippen molar-refractivity contribution in [3.8, 4) is 96.0 Å². The normalized spacial score (nSPS) is 11.3. The van der Waals surface area contributed by atoms with Gasteiger partial charge in [-0.2, -0.15) is 0 Å². The fraction of sp³-hybridized carbons (Fsp3) is 0.0317. The quantitative estimate of drug-likeness (QED) is 0.144. The molecule has 12 aromatic rings. The Morgan fingerprint density at radius 2 is 0.667 bits per heavy atom. The molecule has 9 aromatic carbocycles. The van der Waals surface area contributed by atoms with Crippen molar-refractivity contribution in [1.82, 2.24) is 29.5 Å². The lowest BCUT2D eigenvalue weighted by Gasteiger charge is -2.17. The maximum atomic E-state index is 5.44. The SMILES string of the molecule is Cc1ccccc1-c1ccc2c(c1)c1cc(-c3ccccc3C)ccc1n2-c1ccc(-c2nc(-c3ccccc3)nc(-c3ccccc3)n2)cc1-c1cc(-c2ccccc2)nc(-c2ccccc2)n1. The van der Waals surface area contributed by atoms with Gasteiger partial charge in [-0.1, -0.05) is 182 Å². The molecule has 0 saturated heterocycles. The summed E-state index contributed by atoms with van der Waals surface area (Å²) >= 11 is 0. The highest BCUT2D eigenvalue weighted by molar-refractivity contribution is 6.12. The Bertz CT molecular complexity index is 3630. The van der Waals surface area contributed by atoms with E-state index in [1.165, 1.54) is 33.4 Å². The first-order valence-electron chi connectivity index (χ1n) is 23.2. The number of fused-ring (bicyclic) bond motifs is 3. The van der Waals surface area contributed by atoms with Crippen LogP contribution in [0.5, 0.6) is 0 Å². The lowest BCUT2D eigenvalue weighted by Crippen LogP contribution is -2.03. The third-order valence-electron chi connectivity index (χ3n) is 13.0. The Morgan fingerprint density at radius 3 is 1.14 bits per heavy atom. The van der Waals surface area contributed by atoms with Crippen LogP contribution in [0.4, 0.5) is 0 Å². The van der Waals surface area contributed by atoms with Crippen LogP contribution >= 0.6 is 0 Å². The summed E-state index contributed by atoms with van der Waals surface area (Å²) in [5.41, 5.74) is 17.4. The molecule has 0 aliphatic carbocycles. The van der Waals surface area contributed by atoms with E-state index in [9.17, 15) is 0 Å². The summed E-state index contributed by atoms with van der Waals surface area (Å²) in [6.45, 7) is 4.36. The van der Waals surface area contributed by atoms with Gasteiger partial charge < -0.3 is 4.57 Å². The van der Waals surface area contributed by atoms with Crippen molar-refractivity contribution < 1.29 is 0 Å². The van der Waals surface area contributed by atoms with Crippen molar-refractivity contribution in [1.29, 1.82) is 0 Å². The fourth-order valence-corrected chi connectivity index (χ4v) is 9.48. The molecular weight excluding hydrogens is 841 g/mol. The smallest absolute Gasteiger partial charge is 0.164 e. The third-order valence-corrected chi connectivity index (χ3v) is 13.0. The molecule has 0 amide bonds. The van der Waals surface area contributed by atoms with E-state index in [4.69, 9.17) is 24.9 Å². The fourth-order valence-electron chi connectivity index (χ4n) is 9.48. The monoisotopic (exact) mass is 884 g/mol. The van der Waals surface area contributed by atoms with Crippen LogP contribution in [-0.4, -0.2) is 29.5 Å². The maximum Gasteiger partial charge on any atom is 0.164 e. The lowest BCUT2D eigenvalue weighted by molar-refractivity contribution is 1.07. The average Bonchev–Trinajstić information content (AvgIpc) is 3.74. The summed E-state index contributed by atoms with van der Waals surface area (Å²) in [7, 11) is 0. The van der Waals surface area contributed by atoms with Crippen LogP contribution < -0.4 is 0 Å². The van der Waals surface area contributed by atoms with E-state index in [2.05, 4.69) is 164 Å². The topological polar surface area (TPSA) is 69.4 Å². The van der Waals surface area contributed by atoms with Gasteiger partial charge in [-0.05, 0) is 95.8 Å². The van der Waals surface area contributed by atoms with Crippen molar-refractivity contribution in [2.75, 3.05) is 0 Å². The van der Waals surface area contributed by atoms with Gasteiger partial charge in [0.15, 0.2) is 23.3 Å². The molecule has 0 aliphatic rings. The zero-order chi connectivity index (χ0) is 46.3. The van der Waals surface area contributed by atoms with Gasteiger partial charge in [-0.25, -0.2) is 24.9 Å². The molecule has 69 heavy (non-hydrogen) atoms. The van der Waals surface area contributed by atoms with Crippen molar-refractivity contribution in [2.24, 2.45) is 0 Å². The van der Waals surface area contributed by atoms with Crippen LogP contribution in [0.15, 0.2) is 231 Å². The number of aryl methyl sites for hydroxylation is 2. The Hall–Kier alpha value is -9.13. The summed E-state index contributed by atoms with van der Waals surface area (Å²) in [4.78, 5) is 26.0. The second-order valence-corrected chi connectivity index (χ2v) is 17.4. The highest BCUT2D eigenvalue weighted by Crippen LogP contribution is 2.42. The molecule has 0 N–H and O–H groups in total. The second-order valence-electron chi connectivity index (χ2n) is 17.4. The Morgan fingerprint density at radius 1 is 0.275 bits per heavy atom. The molecule has 6 nitrogen and oxygen atoms in total. The van der Waals surface area contributed by atoms with E-state index in [1.54, 1.807) is 0 Å². The number of hydrogen-bond donors (Lipinski definition) is 0. The van der Waals surface area contributed by atoms with Crippen molar-refractivity contribution >= 4 is 21.8 Å². The van der Waals surface area contributed by atoms with Gasteiger partial charge in [0.25, 0.3) is 0 Å². The van der Waals surface area contributed by atoms with Crippen molar-refractivity contribution in [2.45, 2.75) is 13.8 Å².